The van der Waals surface area contributed by atoms with Gasteiger partial charge in [0.1, 0.15) is 5.82 Å². The third-order valence-electron chi connectivity index (χ3n) is 6.36. The Morgan fingerprint density at radius 3 is 2.56 bits per heavy atom. The van der Waals surface area contributed by atoms with Crippen molar-refractivity contribution in [3.05, 3.63) is 101 Å². The van der Waals surface area contributed by atoms with Gasteiger partial charge in [-0.15, -0.1) is 0 Å². The van der Waals surface area contributed by atoms with Crippen LogP contribution in [0, 0.1) is 12.7 Å². The number of hydrogen-bond acceptors (Lipinski definition) is 5. The lowest BCUT2D eigenvalue weighted by atomic mass is 9.97. The predicted molar refractivity (Wildman–Crippen MR) is 133 cm³/mol. The topological polar surface area (TPSA) is 88.3 Å². The number of carbonyl (C=O) groups is 2. The van der Waals surface area contributed by atoms with Crippen LogP contribution in [0.3, 0.4) is 0 Å². The van der Waals surface area contributed by atoms with Crippen molar-refractivity contribution in [3.63, 3.8) is 0 Å². The summed E-state index contributed by atoms with van der Waals surface area (Å²) in [5.41, 5.74) is 2.70. The standard InChI is InChI=1S/C28H25FN4O3/c1-18-9-14-23(16-24(18)29)30-26(34)20-12-10-19(11-13-20)25-31-27(36-32-25)22-8-5-15-33(17-22)28(35)21-6-3-2-4-7-21/h2-4,6-7,9-14,16,22H,5,8,15,17H2,1H3,(H,30,34)/t22-/m1/s1. The van der Waals surface area contributed by atoms with E-state index in [1.165, 1.54) is 6.07 Å². The highest BCUT2D eigenvalue weighted by molar-refractivity contribution is 6.04. The second-order valence-electron chi connectivity index (χ2n) is 8.91. The zero-order valence-corrected chi connectivity index (χ0v) is 19.8. The summed E-state index contributed by atoms with van der Waals surface area (Å²) in [6.07, 6.45) is 1.72. The largest absolute Gasteiger partial charge is 0.339 e. The lowest BCUT2D eigenvalue weighted by Crippen LogP contribution is -2.39. The van der Waals surface area contributed by atoms with E-state index in [0.29, 0.717) is 52.7 Å². The average Bonchev–Trinajstić information content (AvgIpc) is 3.41. The molecule has 4 aromatic rings. The fourth-order valence-electron chi connectivity index (χ4n) is 4.29. The van der Waals surface area contributed by atoms with E-state index in [1.54, 1.807) is 43.3 Å². The summed E-state index contributed by atoms with van der Waals surface area (Å²) >= 11 is 0. The Morgan fingerprint density at radius 1 is 1.03 bits per heavy atom. The van der Waals surface area contributed by atoms with Crippen LogP contribution in [0.2, 0.25) is 0 Å². The summed E-state index contributed by atoms with van der Waals surface area (Å²) in [7, 11) is 0. The fourth-order valence-corrected chi connectivity index (χ4v) is 4.29. The van der Waals surface area contributed by atoms with Gasteiger partial charge < -0.3 is 14.7 Å². The van der Waals surface area contributed by atoms with Gasteiger partial charge >= 0.3 is 0 Å². The summed E-state index contributed by atoms with van der Waals surface area (Å²) in [5.74, 6) is 0.170. The molecule has 0 spiro atoms. The van der Waals surface area contributed by atoms with Gasteiger partial charge in [0.2, 0.25) is 11.7 Å². The molecule has 0 bridgehead atoms. The van der Waals surface area contributed by atoms with Crippen molar-refractivity contribution in [1.29, 1.82) is 0 Å². The highest BCUT2D eigenvalue weighted by atomic mass is 19.1. The zero-order chi connectivity index (χ0) is 25.1. The van der Waals surface area contributed by atoms with Crippen molar-refractivity contribution in [3.8, 4) is 11.4 Å². The van der Waals surface area contributed by atoms with Crippen molar-refractivity contribution >= 4 is 17.5 Å². The van der Waals surface area contributed by atoms with Crippen molar-refractivity contribution in [2.24, 2.45) is 0 Å². The Balaban J connectivity index is 1.25. The molecule has 36 heavy (non-hydrogen) atoms. The molecule has 0 saturated carbocycles. The smallest absolute Gasteiger partial charge is 0.255 e. The van der Waals surface area contributed by atoms with Crippen molar-refractivity contribution in [2.45, 2.75) is 25.7 Å². The maximum absolute atomic E-state index is 13.8. The Bertz CT molecular complexity index is 1390. The second kappa shape index (κ2) is 10.1. The number of rotatable bonds is 5. The molecule has 8 heteroatoms. The first-order valence-corrected chi connectivity index (χ1v) is 11.8. The Kier molecular flexibility index (Phi) is 6.58. The maximum atomic E-state index is 13.8. The van der Waals surface area contributed by atoms with E-state index < -0.39 is 0 Å². The van der Waals surface area contributed by atoms with Gasteiger partial charge in [-0.05, 0) is 61.7 Å². The fraction of sp³-hybridized carbons (Fsp3) is 0.214. The van der Waals surface area contributed by atoms with Crippen LogP contribution >= 0.6 is 0 Å². The van der Waals surface area contributed by atoms with Crippen LogP contribution in [0.4, 0.5) is 10.1 Å². The van der Waals surface area contributed by atoms with Crippen molar-refractivity contribution in [1.82, 2.24) is 15.0 Å². The number of carbonyl (C=O) groups excluding carboxylic acids is 2. The number of nitrogens with one attached hydrogen (secondary N) is 1. The van der Waals surface area contributed by atoms with Crippen LogP contribution in [0.5, 0.6) is 0 Å². The number of halogens is 1. The normalized spacial score (nSPS) is 15.5. The minimum atomic E-state index is -0.374. The molecule has 1 aliphatic heterocycles. The molecule has 0 unspecified atom stereocenters. The first-order valence-electron chi connectivity index (χ1n) is 11.8. The maximum Gasteiger partial charge on any atom is 0.255 e. The number of aryl methyl sites for hydroxylation is 1. The molecule has 0 aliphatic carbocycles. The molecule has 0 radical (unpaired) electrons. The summed E-state index contributed by atoms with van der Waals surface area (Å²) in [6, 6.07) is 20.6. The third kappa shape index (κ3) is 5.02. The molecule has 1 atom stereocenters. The molecule has 3 aromatic carbocycles. The van der Waals surface area contributed by atoms with Crippen LogP contribution in [-0.2, 0) is 0 Å². The summed E-state index contributed by atoms with van der Waals surface area (Å²) in [6.45, 7) is 2.88. The number of benzene rings is 3. The number of likely N-dealkylation sites (tertiary alicyclic amines) is 1. The van der Waals surface area contributed by atoms with E-state index in [4.69, 9.17) is 4.52 Å². The van der Waals surface area contributed by atoms with Crippen molar-refractivity contribution < 1.29 is 18.5 Å². The summed E-state index contributed by atoms with van der Waals surface area (Å²) in [4.78, 5) is 31.8. The average molecular weight is 485 g/mol. The van der Waals surface area contributed by atoms with E-state index in [0.717, 1.165) is 12.8 Å². The van der Waals surface area contributed by atoms with E-state index in [-0.39, 0.29) is 23.5 Å². The SMILES string of the molecule is Cc1ccc(NC(=O)c2ccc(-c3noc([C@@H]4CCCN(C(=O)c5ccccc5)C4)n3)cc2)cc1F. The van der Waals surface area contributed by atoms with Gasteiger partial charge in [-0.2, -0.15) is 4.98 Å². The van der Waals surface area contributed by atoms with Gasteiger partial charge in [-0.25, -0.2) is 4.39 Å². The molecule has 1 N–H and O–H groups in total. The number of hydrogen-bond donors (Lipinski definition) is 1. The molecule has 2 heterocycles. The number of amides is 2. The summed E-state index contributed by atoms with van der Waals surface area (Å²) in [5, 5.41) is 6.81. The molecule has 5 rings (SSSR count). The monoisotopic (exact) mass is 484 g/mol. The molecule has 182 valence electrons. The third-order valence-corrected chi connectivity index (χ3v) is 6.36. The van der Waals surface area contributed by atoms with Crippen LogP contribution in [0.25, 0.3) is 11.4 Å². The van der Waals surface area contributed by atoms with Crippen LogP contribution in [0.1, 0.15) is 50.9 Å². The highest BCUT2D eigenvalue weighted by Crippen LogP contribution is 2.28. The van der Waals surface area contributed by atoms with E-state index in [1.807, 2.05) is 35.2 Å². The molecule has 1 aromatic heterocycles. The van der Waals surface area contributed by atoms with Gasteiger partial charge in [0.25, 0.3) is 11.8 Å². The highest BCUT2D eigenvalue weighted by Gasteiger charge is 2.29. The first kappa shape index (κ1) is 23.4. The number of aromatic nitrogens is 2. The predicted octanol–water partition coefficient (Wildman–Crippen LogP) is 5.46. The molecular weight excluding hydrogens is 459 g/mol. The zero-order valence-electron chi connectivity index (χ0n) is 19.8. The van der Waals surface area contributed by atoms with Crippen LogP contribution in [-0.4, -0.2) is 39.9 Å². The van der Waals surface area contributed by atoms with E-state index in [9.17, 15) is 14.0 Å². The van der Waals surface area contributed by atoms with E-state index >= 15 is 0 Å². The minimum absolute atomic E-state index is 0.00211. The van der Waals surface area contributed by atoms with Gasteiger partial charge in [-0.3, -0.25) is 9.59 Å². The Hall–Kier alpha value is -4.33. The first-order chi connectivity index (χ1) is 17.5. The number of nitrogens with zero attached hydrogens (tertiary/aromatic N) is 3. The van der Waals surface area contributed by atoms with Crippen LogP contribution in [0.15, 0.2) is 77.3 Å². The Labute approximate surface area is 207 Å². The van der Waals surface area contributed by atoms with Gasteiger partial charge in [0.15, 0.2) is 0 Å². The lowest BCUT2D eigenvalue weighted by molar-refractivity contribution is 0.0695. The quantitative estimate of drug-likeness (QED) is 0.407. The van der Waals surface area contributed by atoms with Gasteiger partial charge in [0, 0.05) is 35.5 Å². The molecular formula is C28H25FN4O3. The van der Waals surface area contributed by atoms with Gasteiger partial charge in [-0.1, -0.05) is 41.6 Å². The molecule has 7 nitrogen and oxygen atoms in total. The Morgan fingerprint density at radius 2 is 1.81 bits per heavy atom. The van der Waals surface area contributed by atoms with Crippen molar-refractivity contribution in [2.75, 3.05) is 18.4 Å². The lowest BCUT2D eigenvalue weighted by Gasteiger charge is -2.31. The molecule has 2 amide bonds. The number of piperidine rings is 1. The van der Waals surface area contributed by atoms with Crippen LogP contribution < -0.4 is 5.32 Å². The molecule has 1 saturated heterocycles. The van der Waals surface area contributed by atoms with E-state index in [2.05, 4.69) is 15.5 Å². The second-order valence-corrected chi connectivity index (χ2v) is 8.91. The van der Waals surface area contributed by atoms with Gasteiger partial charge in [0.05, 0.1) is 5.92 Å². The molecule has 1 aliphatic rings. The number of anilines is 1. The molecule has 1 fully saturated rings. The minimum Gasteiger partial charge on any atom is -0.339 e. The summed E-state index contributed by atoms with van der Waals surface area (Å²) < 4.78 is 19.3.